The zero-order chi connectivity index (χ0) is 20.8. The highest BCUT2D eigenvalue weighted by molar-refractivity contribution is 5.96. The smallest absolute Gasteiger partial charge is 0.311 e. The van der Waals surface area contributed by atoms with Gasteiger partial charge in [-0.3, -0.25) is 9.59 Å². The second kappa shape index (κ2) is 9.15. The van der Waals surface area contributed by atoms with Crippen molar-refractivity contribution in [1.82, 2.24) is 0 Å². The minimum absolute atomic E-state index is 0.0552. The highest BCUT2D eigenvalue weighted by Crippen LogP contribution is 2.23. The van der Waals surface area contributed by atoms with Crippen LogP contribution in [0.1, 0.15) is 28.4 Å². The van der Waals surface area contributed by atoms with Crippen molar-refractivity contribution in [3.63, 3.8) is 0 Å². The molecule has 0 fully saturated rings. The highest BCUT2D eigenvalue weighted by atomic mass is 19.1. The van der Waals surface area contributed by atoms with Gasteiger partial charge in [-0.2, -0.15) is 0 Å². The molecule has 29 heavy (non-hydrogen) atoms. The molecule has 0 saturated carbocycles. The number of aryl methyl sites for hydroxylation is 2. The zero-order valence-electron chi connectivity index (χ0n) is 16.3. The third-order valence-corrected chi connectivity index (χ3v) is 4.50. The predicted octanol–water partition coefficient (Wildman–Crippen LogP) is 4.91. The average molecular weight is 391 g/mol. The Morgan fingerprint density at radius 2 is 1.66 bits per heavy atom. The van der Waals surface area contributed by atoms with E-state index in [0.717, 1.165) is 11.1 Å². The summed E-state index contributed by atoms with van der Waals surface area (Å²) in [5.74, 6) is -1.38. The van der Waals surface area contributed by atoms with Gasteiger partial charge < -0.3 is 10.1 Å². The molecule has 4 nitrogen and oxygen atoms in total. The molecule has 148 valence electrons. The van der Waals surface area contributed by atoms with Crippen LogP contribution in [-0.4, -0.2) is 11.9 Å². The molecular formula is C24H22FNO3. The van der Waals surface area contributed by atoms with Crippen LogP contribution in [0.3, 0.4) is 0 Å². The largest absolute Gasteiger partial charge is 0.447 e. The van der Waals surface area contributed by atoms with Crippen LogP contribution in [0.5, 0.6) is 0 Å². The molecule has 1 atom stereocenters. The van der Waals surface area contributed by atoms with Gasteiger partial charge in [0.1, 0.15) is 5.82 Å². The van der Waals surface area contributed by atoms with E-state index in [1.807, 2.05) is 38.1 Å². The summed E-state index contributed by atoms with van der Waals surface area (Å²) < 4.78 is 18.6. The standard InChI is InChI=1S/C24H22FNO3/c1-16-8-9-17(2)21(14-16)26-24(28)23(19-6-4-3-5-7-19)29-22(27)15-18-10-12-20(25)13-11-18/h3-14,23H,15H2,1-2H3,(H,26,28)/t23-/m0/s1. The van der Waals surface area contributed by atoms with E-state index >= 15 is 0 Å². The summed E-state index contributed by atoms with van der Waals surface area (Å²) in [7, 11) is 0. The maximum absolute atomic E-state index is 13.1. The molecule has 1 N–H and O–H groups in total. The molecule has 0 aromatic heterocycles. The maximum atomic E-state index is 13.1. The van der Waals surface area contributed by atoms with Crippen molar-refractivity contribution in [1.29, 1.82) is 0 Å². The molecule has 0 radical (unpaired) electrons. The molecule has 0 aliphatic carbocycles. The topological polar surface area (TPSA) is 55.4 Å². The van der Waals surface area contributed by atoms with E-state index in [2.05, 4.69) is 5.32 Å². The SMILES string of the molecule is Cc1ccc(C)c(NC(=O)[C@@H](OC(=O)Cc2ccc(F)cc2)c2ccccc2)c1. The quantitative estimate of drug-likeness (QED) is 0.608. The van der Waals surface area contributed by atoms with E-state index in [1.165, 1.54) is 24.3 Å². The Morgan fingerprint density at radius 3 is 2.34 bits per heavy atom. The summed E-state index contributed by atoms with van der Waals surface area (Å²) in [4.78, 5) is 25.4. The molecule has 5 heteroatoms. The van der Waals surface area contributed by atoms with Crippen LogP contribution in [0, 0.1) is 19.7 Å². The Morgan fingerprint density at radius 1 is 0.966 bits per heavy atom. The van der Waals surface area contributed by atoms with Crippen LogP contribution in [0.15, 0.2) is 72.8 Å². The van der Waals surface area contributed by atoms with E-state index < -0.39 is 18.0 Å². The molecule has 0 saturated heterocycles. The fraction of sp³-hybridized carbons (Fsp3) is 0.167. The number of halogens is 1. The van der Waals surface area contributed by atoms with Gasteiger partial charge in [0.05, 0.1) is 6.42 Å². The van der Waals surface area contributed by atoms with Gasteiger partial charge in [0.2, 0.25) is 6.10 Å². The van der Waals surface area contributed by atoms with Crippen molar-refractivity contribution in [2.75, 3.05) is 5.32 Å². The number of carbonyl (C=O) groups is 2. The molecule has 3 aromatic rings. The van der Waals surface area contributed by atoms with Crippen LogP contribution < -0.4 is 5.32 Å². The van der Waals surface area contributed by atoms with Gasteiger partial charge in [-0.15, -0.1) is 0 Å². The van der Waals surface area contributed by atoms with E-state index in [4.69, 9.17) is 4.74 Å². The van der Waals surface area contributed by atoms with Crippen molar-refractivity contribution < 1.29 is 18.7 Å². The molecule has 0 aliphatic rings. The molecular weight excluding hydrogens is 369 g/mol. The lowest BCUT2D eigenvalue weighted by atomic mass is 10.1. The molecule has 1 amide bonds. The van der Waals surface area contributed by atoms with E-state index in [0.29, 0.717) is 16.8 Å². The first-order valence-electron chi connectivity index (χ1n) is 9.29. The zero-order valence-corrected chi connectivity index (χ0v) is 16.3. The highest BCUT2D eigenvalue weighted by Gasteiger charge is 2.25. The average Bonchev–Trinajstić information content (AvgIpc) is 2.71. The van der Waals surface area contributed by atoms with Crippen molar-refractivity contribution in [2.45, 2.75) is 26.4 Å². The number of rotatable bonds is 6. The van der Waals surface area contributed by atoms with Gasteiger partial charge >= 0.3 is 5.97 Å². The number of amides is 1. The van der Waals surface area contributed by atoms with Gasteiger partial charge in [-0.25, -0.2) is 4.39 Å². The van der Waals surface area contributed by atoms with Crippen molar-refractivity contribution in [3.8, 4) is 0 Å². The third-order valence-electron chi connectivity index (χ3n) is 4.50. The Kier molecular flexibility index (Phi) is 6.39. The number of esters is 1. The monoisotopic (exact) mass is 391 g/mol. The summed E-state index contributed by atoms with van der Waals surface area (Å²) in [6, 6.07) is 20.2. The lowest BCUT2D eigenvalue weighted by Gasteiger charge is -2.19. The molecule has 3 aromatic carbocycles. The van der Waals surface area contributed by atoms with Gasteiger partial charge in [-0.05, 0) is 48.7 Å². The molecule has 0 heterocycles. The summed E-state index contributed by atoms with van der Waals surface area (Å²) >= 11 is 0. The number of ether oxygens (including phenoxy) is 1. The van der Waals surface area contributed by atoms with Crippen molar-refractivity contribution in [3.05, 3.63) is 101 Å². The summed E-state index contributed by atoms with van der Waals surface area (Å²) in [5.41, 5.74) is 3.77. The fourth-order valence-corrected chi connectivity index (χ4v) is 2.91. The van der Waals surface area contributed by atoms with Gasteiger partial charge in [-0.1, -0.05) is 54.6 Å². The fourth-order valence-electron chi connectivity index (χ4n) is 2.91. The number of hydrogen-bond acceptors (Lipinski definition) is 3. The minimum Gasteiger partial charge on any atom is -0.447 e. The number of hydrogen-bond donors (Lipinski definition) is 1. The Hall–Kier alpha value is -3.47. The molecule has 0 unspecified atom stereocenters. The van der Waals surface area contributed by atoms with Crippen LogP contribution in [0.2, 0.25) is 0 Å². The van der Waals surface area contributed by atoms with Crippen LogP contribution >= 0.6 is 0 Å². The first-order valence-corrected chi connectivity index (χ1v) is 9.29. The number of carbonyl (C=O) groups excluding carboxylic acids is 2. The first-order chi connectivity index (χ1) is 13.9. The van der Waals surface area contributed by atoms with Gasteiger partial charge in [0.15, 0.2) is 0 Å². The van der Waals surface area contributed by atoms with Gasteiger partial charge in [0.25, 0.3) is 5.91 Å². The van der Waals surface area contributed by atoms with E-state index in [9.17, 15) is 14.0 Å². The van der Waals surface area contributed by atoms with E-state index in [1.54, 1.807) is 24.3 Å². The predicted molar refractivity (Wildman–Crippen MR) is 110 cm³/mol. The van der Waals surface area contributed by atoms with Crippen LogP contribution in [-0.2, 0) is 20.7 Å². The number of nitrogens with one attached hydrogen (secondary N) is 1. The molecule has 0 aliphatic heterocycles. The van der Waals surface area contributed by atoms with Gasteiger partial charge in [0, 0.05) is 11.3 Å². The Bertz CT molecular complexity index is 1000. The second-order valence-electron chi connectivity index (χ2n) is 6.89. The second-order valence-corrected chi connectivity index (χ2v) is 6.89. The van der Waals surface area contributed by atoms with Crippen LogP contribution in [0.25, 0.3) is 0 Å². The molecule has 3 rings (SSSR count). The van der Waals surface area contributed by atoms with Crippen molar-refractivity contribution in [2.24, 2.45) is 0 Å². The number of benzene rings is 3. The first kappa shape index (κ1) is 20.3. The number of anilines is 1. The Balaban J connectivity index is 1.79. The molecule has 0 spiro atoms. The van der Waals surface area contributed by atoms with E-state index in [-0.39, 0.29) is 12.2 Å². The summed E-state index contributed by atoms with van der Waals surface area (Å²) in [5, 5.41) is 2.86. The van der Waals surface area contributed by atoms with Crippen LogP contribution in [0.4, 0.5) is 10.1 Å². The maximum Gasteiger partial charge on any atom is 0.311 e. The normalized spacial score (nSPS) is 11.6. The Labute approximate surface area is 169 Å². The third kappa shape index (κ3) is 5.51. The lowest BCUT2D eigenvalue weighted by molar-refractivity contribution is -0.154. The lowest BCUT2D eigenvalue weighted by Crippen LogP contribution is -2.26. The summed E-state index contributed by atoms with van der Waals surface area (Å²) in [6.07, 6.45) is -1.15. The molecule has 0 bridgehead atoms. The van der Waals surface area contributed by atoms with Crippen molar-refractivity contribution >= 4 is 17.6 Å². The summed E-state index contributed by atoms with van der Waals surface area (Å²) in [6.45, 7) is 3.83. The minimum atomic E-state index is -1.09.